The van der Waals surface area contributed by atoms with E-state index in [1.807, 2.05) is 6.07 Å². The Morgan fingerprint density at radius 1 is 1.17 bits per heavy atom. The molecule has 152 valence electrons. The van der Waals surface area contributed by atoms with E-state index in [-0.39, 0.29) is 5.57 Å². The first kappa shape index (κ1) is 22.4. The van der Waals surface area contributed by atoms with Gasteiger partial charge in [0.2, 0.25) is 0 Å². The van der Waals surface area contributed by atoms with Crippen molar-refractivity contribution in [3.63, 3.8) is 0 Å². The molecule has 0 saturated heterocycles. The molecule has 0 saturated carbocycles. The molecular weight excluding hydrogens is 394 g/mol. The van der Waals surface area contributed by atoms with Crippen LogP contribution in [0.2, 0.25) is 0 Å². The summed E-state index contributed by atoms with van der Waals surface area (Å²) in [5, 5.41) is 11.9. The number of unbranched alkanes of at least 4 members (excludes halogenated alkanes) is 2. The first-order valence-electron chi connectivity index (χ1n) is 9.22. The fourth-order valence-electron chi connectivity index (χ4n) is 2.44. The molecule has 2 rings (SSSR count). The number of carbonyl (C=O) groups excluding carboxylic acids is 1. The van der Waals surface area contributed by atoms with Gasteiger partial charge in [-0.15, -0.1) is 0 Å². The van der Waals surface area contributed by atoms with Crippen molar-refractivity contribution in [1.82, 2.24) is 0 Å². The minimum atomic E-state index is -2.50. The lowest BCUT2D eigenvalue weighted by molar-refractivity contribution is -0.112. The molecule has 4 nitrogen and oxygen atoms in total. The van der Waals surface area contributed by atoms with Crippen molar-refractivity contribution in [1.29, 1.82) is 5.26 Å². The van der Waals surface area contributed by atoms with Gasteiger partial charge in [-0.1, -0.05) is 43.7 Å². The summed E-state index contributed by atoms with van der Waals surface area (Å²) in [6, 6.07) is 15.0. The Morgan fingerprint density at radius 3 is 2.45 bits per heavy atom. The maximum atomic E-state index is 12.3. The number of halogens is 2. The molecule has 0 unspecified atom stereocenters. The van der Waals surface area contributed by atoms with E-state index >= 15 is 0 Å². The quantitative estimate of drug-likeness (QED) is 0.219. The minimum absolute atomic E-state index is 0.0624. The van der Waals surface area contributed by atoms with Crippen LogP contribution in [0, 0.1) is 11.3 Å². The molecule has 0 bridgehead atoms. The van der Waals surface area contributed by atoms with Crippen molar-refractivity contribution in [2.75, 3.05) is 11.9 Å². The Morgan fingerprint density at radius 2 is 1.86 bits per heavy atom. The molecule has 0 heterocycles. The third kappa shape index (κ3) is 7.96. The van der Waals surface area contributed by atoms with Crippen LogP contribution >= 0.6 is 11.8 Å². The maximum absolute atomic E-state index is 12.3. The summed E-state index contributed by atoms with van der Waals surface area (Å²) in [5.41, 5.74) is 1.06. The summed E-state index contributed by atoms with van der Waals surface area (Å²) < 4.78 is 30.3. The Kier molecular flexibility index (Phi) is 9.19. The Hall–Kier alpha value is -2.85. The van der Waals surface area contributed by atoms with Gasteiger partial charge >= 0.3 is 0 Å². The molecule has 2 aromatic carbocycles. The van der Waals surface area contributed by atoms with Crippen molar-refractivity contribution in [3.8, 4) is 11.8 Å². The highest BCUT2D eigenvalue weighted by Crippen LogP contribution is 2.26. The van der Waals surface area contributed by atoms with Crippen LogP contribution in [0.3, 0.4) is 0 Å². The molecule has 0 radical (unpaired) electrons. The average molecular weight is 416 g/mol. The second-order valence-corrected chi connectivity index (χ2v) is 7.21. The molecule has 0 aliphatic carbocycles. The van der Waals surface area contributed by atoms with E-state index in [4.69, 9.17) is 4.74 Å². The fourth-order valence-corrected chi connectivity index (χ4v) is 2.93. The molecule has 0 aromatic heterocycles. The molecule has 7 heteroatoms. The Bertz CT molecular complexity index is 860. The summed E-state index contributed by atoms with van der Waals surface area (Å²) >= 11 is 0.427. The van der Waals surface area contributed by atoms with Gasteiger partial charge in [0.15, 0.2) is 0 Å². The smallest absolute Gasteiger partial charge is 0.288 e. The van der Waals surface area contributed by atoms with Crippen molar-refractivity contribution >= 4 is 29.4 Å². The number of hydrogen-bond acceptors (Lipinski definition) is 4. The second-order valence-electron chi connectivity index (χ2n) is 6.15. The molecule has 29 heavy (non-hydrogen) atoms. The topological polar surface area (TPSA) is 62.1 Å². The van der Waals surface area contributed by atoms with Gasteiger partial charge in [-0.3, -0.25) is 4.79 Å². The molecular formula is C22H22F2N2O2S. The van der Waals surface area contributed by atoms with E-state index in [1.165, 1.54) is 30.3 Å². The van der Waals surface area contributed by atoms with E-state index < -0.39 is 11.7 Å². The first-order valence-corrected chi connectivity index (χ1v) is 10.1. The monoisotopic (exact) mass is 416 g/mol. The lowest BCUT2D eigenvalue weighted by atomic mass is 10.1. The highest BCUT2D eigenvalue weighted by Gasteiger charge is 2.10. The zero-order valence-electron chi connectivity index (χ0n) is 16.0. The number of alkyl halides is 2. The highest BCUT2D eigenvalue weighted by molar-refractivity contribution is 7.99. The number of thioether (sulfide) groups is 1. The van der Waals surface area contributed by atoms with Crippen molar-refractivity contribution in [2.45, 2.75) is 36.8 Å². The Labute approximate surface area is 173 Å². The molecule has 2 aromatic rings. The number of nitrogens with one attached hydrogen (secondary N) is 1. The number of nitrogens with zero attached hydrogens (tertiary/aromatic N) is 1. The molecule has 1 amide bonds. The molecule has 0 spiro atoms. The van der Waals surface area contributed by atoms with Crippen LogP contribution in [0.1, 0.15) is 31.7 Å². The first-order chi connectivity index (χ1) is 14.0. The lowest BCUT2D eigenvalue weighted by Crippen LogP contribution is -2.13. The van der Waals surface area contributed by atoms with Gasteiger partial charge in [0.25, 0.3) is 11.7 Å². The van der Waals surface area contributed by atoms with E-state index in [9.17, 15) is 18.8 Å². The molecule has 1 N–H and O–H groups in total. The summed E-state index contributed by atoms with van der Waals surface area (Å²) in [6.07, 6.45) is 4.73. The van der Waals surface area contributed by atoms with Crippen LogP contribution in [-0.4, -0.2) is 18.3 Å². The summed E-state index contributed by atoms with van der Waals surface area (Å²) in [4.78, 5) is 12.7. The van der Waals surface area contributed by atoms with E-state index in [1.54, 1.807) is 24.3 Å². The highest BCUT2D eigenvalue weighted by atomic mass is 32.2. The predicted molar refractivity (Wildman–Crippen MR) is 112 cm³/mol. The number of carbonyl (C=O) groups is 1. The van der Waals surface area contributed by atoms with Crippen LogP contribution in [-0.2, 0) is 4.79 Å². The van der Waals surface area contributed by atoms with Gasteiger partial charge in [-0.25, -0.2) is 0 Å². The standard InChI is InChI=1S/C22H22F2N2O2S/c1-2-3-4-13-28-19-9-5-16(6-10-19)14-17(15-25)21(27)26-18-7-11-20(12-8-18)29-22(23)24/h5-12,14,22H,2-4,13H2,1H3,(H,26,27)/b17-14+. The van der Waals surface area contributed by atoms with Crippen LogP contribution in [0.25, 0.3) is 6.08 Å². The maximum Gasteiger partial charge on any atom is 0.288 e. The molecule has 0 aliphatic heterocycles. The van der Waals surface area contributed by atoms with Crippen molar-refractivity contribution < 1.29 is 18.3 Å². The fraction of sp³-hybridized carbons (Fsp3) is 0.273. The zero-order valence-corrected chi connectivity index (χ0v) is 16.8. The van der Waals surface area contributed by atoms with Crippen molar-refractivity contribution in [3.05, 3.63) is 59.7 Å². The zero-order chi connectivity index (χ0) is 21.1. The number of hydrogen-bond donors (Lipinski definition) is 1. The summed E-state index contributed by atoms with van der Waals surface area (Å²) in [7, 11) is 0. The lowest BCUT2D eigenvalue weighted by Gasteiger charge is -2.07. The average Bonchev–Trinajstić information content (AvgIpc) is 2.71. The molecule has 0 atom stereocenters. The largest absolute Gasteiger partial charge is 0.494 e. The number of anilines is 1. The van der Waals surface area contributed by atoms with Crippen LogP contribution < -0.4 is 10.1 Å². The van der Waals surface area contributed by atoms with Gasteiger partial charge in [-0.05, 0) is 54.5 Å². The van der Waals surface area contributed by atoms with Gasteiger partial charge in [0.05, 0.1) is 6.61 Å². The normalized spacial score (nSPS) is 11.2. The van der Waals surface area contributed by atoms with Crippen LogP contribution in [0.4, 0.5) is 14.5 Å². The predicted octanol–water partition coefficient (Wildman–Crippen LogP) is 6.12. The van der Waals surface area contributed by atoms with E-state index in [0.717, 1.165) is 25.0 Å². The minimum Gasteiger partial charge on any atom is -0.494 e. The number of ether oxygens (including phenoxy) is 1. The van der Waals surface area contributed by atoms with E-state index in [2.05, 4.69) is 12.2 Å². The number of rotatable bonds is 10. The van der Waals surface area contributed by atoms with Crippen molar-refractivity contribution in [2.24, 2.45) is 0 Å². The second kappa shape index (κ2) is 11.9. The SMILES string of the molecule is CCCCCOc1ccc(/C=C(\C#N)C(=O)Nc2ccc(SC(F)F)cc2)cc1. The van der Waals surface area contributed by atoms with Gasteiger partial charge < -0.3 is 10.1 Å². The van der Waals surface area contributed by atoms with Gasteiger partial charge in [0.1, 0.15) is 17.4 Å². The number of nitriles is 1. The summed E-state index contributed by atoms with van der Waals surface area (Å²) in [5.74, 6) is -2.33. The van der Waals surface area contributed by atoms with Gasteiger partial charge in [0, 0.05) is 10.6 Å². The van der Waals surface area contributed by atoms with E-state index in [0.29, 0.717) is 34.5 Å². The third-order valence-electron chi connectivity index (χ3n) is 3.91. The Balaban J connectivity index is 1.97. The van der Waals surface area contributed by atoms with Gasteiger partial charge in [-0.2, -0.15) is 14.0 Å². The third-order valence-corrected chi connectivity index (χ3v) is 4.63. The van der Waals surface area contributed by atoms with Crippen LogP contribution in [0.5, 0.6) is 5.75 Å². The van der Waals surface area contributed by atoms with Crippen LogP contribution in [0.15, 0.2) is 59.0 Å². The molecule has 0 aliphatic rings. The number of amides is 1. The summed E-state index contributed by atoms with van der Waals surface area (Å²) in [6.45, 7) is 2.79. The number of benzene rings is 2. The molecule has 0 fully saturated rings.